The van der Waals surface area contributed by atoms with Gasteiger partial charge in [-0.1, -0.05) is 6.07 Å². The van der Waals surface area contributed by atoms with Crippen LogP contribution in [-0.2, 0) is 14.1 Å². The normalized spacial score (nSPS) is 11.3. The van der Waals surface area contributed by atoms with Crippen molar-refractivity contribution in [3.8, 4) is 11.3 Å². The van der Waals surface area contributed by atoms with Crippen molar-refractivity contribution >= 4 is 32.8 Å². The number of oxazole rings is 1. The number of rotatable bonds is 1. The lowest BCUT2D eigenvalue weighted by Gasteiger charge is -2.03. The van der Waals surface area contributed by atoms with Crippen molar-refractivity contribution in [1.29, 1.82) is 0 Å². The fourth-order valence-electron chi connectivity index (χ4n) is 2.11. The van der Waals surface area contributed by atoms with Crippen molar-refractivity contribution in [1.82, 2.24) is 14.3 Å². The topological polar surface area (TPSA) is 79.0 Å². The van der Waals surface area contributed by atoms with Gasteiger partial charge < -0.3 is 10.2 Å². The number of nitrogens with two attached hydrogens (primary N) is 1. The summed E-state index contributed by atoms with van der Waals surface area (Å²) in [6, 6.07) is 5.54. The second-order valence-corrected chi connectivity index (χ2v) is 5.07. The van der Waals surface area contributed by atoms with Gasteiger partial charge in [-0.2, -0.15) is 5.10 Å². The molecular weight excluding hydrogens is 312 g/mol. The maximum absolute atomic E-state index is 11.5. The molecule has 19 heavy (non-hydrogen) atoms. The van der Waals surface area contributed by atoms with E-state index in [1.807, 2.05) is 19.2 Å². The largest absolute Gasteiger partial charge is 0.419 e. The standard InChI is InChI=1S/C12H11BrN4O2/c1-16-7-4-3-6(5-8(7)19-12(16)18)10-9(13)11(14)15-17(10)2/h3-5H,1-2H3,(H2,14,15). The summed E-state index contributed by atoms with van der Waals surface area (Å²) in [5.74, 6) is 0.0443. The van der Waals surface area contributed by atoms with Crippen LogP contribution in [0.2, 0.25) is 0 Å². The first-order valence-corrected chi connectivity index (χ1v) is 6.36. The van der Waals surface area contributed by atoms with E-state index in [1.54, 1.807) is 17.8 Å². The minimum Gasteiger partial charge on any atom is -0.408 e. The number of aryl methyl sites for hydroxylation is 2. The van der Waals surface area contributed by atoms with Crippen LogP contribution in [-0.4, -0.2) is 14.3 Å². The van der Waals surface area contributed by atoms with Gasteiger partial charge in [-0.05, 0) is 28.1 Å². The Morgan fingerprint density at radius 3 is 2.74 bits per heavy atom. The van der Waals surface area contributed by atoms with Crippen LogP contribution in [0, 0.1) is 0 Å². The molecule has 3 aromatic rings. The van der Waals surface area contributed by atoms with Crippen LogP contribution < -0.4 is 11.5 Å². The van der Waals surface area contributed by atoms with Gasteiger partial charge in [0.25, 0.3) is 0 Å². The summed E-state index contributed by atoms with van der Waals surface area (Å²) < 4.78 is 9.05. The van der Waals surface area contributed by atoms with Gasteiger partial charge in [-0.25, -0.2) is 4.79 Å². The quantitative estimate of drug-likeness (QED) is 0.741. The van der Waals surface area contributed by atoms with Gasteiger partial charge in [0.15, 0.2) is 11.4 Å². The second kappa shape index (κ2) is 3.99. The zero-order valence-corrected chi connectivity index (χ0v) is 11.9. The van der Waals surface area contributed by atoms with Crippen molar-refractivity contribution in [3.05, 3.63) is 33.2 Å². The molecule has 0 amide bonds. The smallest absolute Gasteiger partial charge is 0.408 e. The van der Waals surface area contributed by atoms with Crippen LogP contribution in [0.1, 0.15) is 0 Å². The number of anilines is 1. The minimum absolute atomic E-state index is 0.379. The van der Waals surface area contributed by atoms with Crippen molar-refractivity contribution in [2.75, 3.05) is 5.73 Å². The van der Waals surface area contributed by atoms with Gasteiger partial charge in [-0.3, -0.25) is 9.25 Å². The first kappa shape index (κ1) is 12.0. The van der Waals surface area contributed by atoms with Crippen molar-refractivity contribution in [2.45, 2.75) is 0 Å². The molecular formula is C12H11BrN4O2. The van der Waals surface area contributed by atoms with Crippen LogP contribution in [0.3, 0.4) is 0 Å². The highest BCUT2D eigenvalue weighted by molar-refractivity contribution is 9.10. The van der Waals surface area contributed by atoms with E-state index >= 15 is 0 Å². The van der Waals surface area contributed by atoms with Gasteiger partial charge in [0.1, 0.15) is 0 Å². The SMILES string of the molecule is Cn1nc(N)c(Br)c1-c1ccc2c(c1)oc(=O)n2C. The molecule has 0 radical (unpaired) electrons. The summed E-state index contributed by atoms with van der Waals surface area (Å²) in [7, 11) is 3.48. The predicted molar refractivity (Wildman–Crippen MR) is 75.8 cm³/mol. The average Bonchev–Trinajstić information content (AvgIpc) is 2.78. The molecule has 0 spiro atoms. The Hall–Kier alpha value is -2.02. The summed E-state index contributed by atoms with van der Waals surface area (Å²) in [6.07, 6.45) is 0. The van der Waals surface area contributed by atoms with Crippen molar-refractivity contribution in [2.24, 2.45) is 14.1 Å². The van der Waals surface area contributed by atoms with E-state index in [4.69, 9.17) is 10.2 Å². The highest BCUT2D eigenvalue weighted by atomic mass is 79.9. The number of nitrogens with zero attached hydrogens (tertiary/aromatic N) is 3. The molecule has 0 saturated carbocycles. The molecule has 2 N–H and O–H groups in total. The molecule has 0 fully saturated rings. The Balaban J connectivity index is 2.29. The Bertz CT molecular complexity index is 843. The van der Waals surface area contributed by atoms with Crippen LogP contribution in [0.25, 0.3) is 22.4 Å². The average molecular weight is 323 g/mol. The Labute approximate surface area is 116 Å². The highest BCUT2D eigenvalue weighted by Crippen LogP contribution is 2.33. The molecule has 0 aliphatic rings. The van der Waals surface area contributed by atoms with E-state index in [-0.39, 0.29) is 5.76 Å². The first-order valence-electron chi connectivity index (χ1n) is 5.57. The van der Waals surface area contributed by atoms with Gasteiger partial charge >= 0.3 is 5.76 Å². The zero-order valence-electron chi connectivity index (χ0n) is 10.3. The van der Waals surface area contributed by atoms with E-state index in [2.05, 4.69) is 21.0 Å². The van der Waals surface area contributed by atoms with Crippen LogP contribution in [0.4, 0.5) is 5.82 Å². The Kier molecular flexibility index (Phi) is 2.53. The van der Waals surface area contributed by atoms with E-state index in [0.29, 0.717) is 11.4 Å². The van der Waals surface area contributed by atoms with E-state index in [9.17, 15) is 4.79 Å². The summed E-state index contributed by atoms with van der Waals surface area (Å²) in [6.45, 7) is 0. The van der Waals surface area contributed by atoms with Crippen LogP contribution in [0.15, 0.2) is 31.9 Å². The van der Waals surface area contributed by atoms with Crippen LogP contribution in [0.5, 0.6) is 0 Å². The van der Waals surface area contributed by atoms with Gasteiger partial charge in [0, 0.05) is 19.7 Å². The third-order valence-electron chi connectivity index (χ3n) is 3.08. The van der Waals surface area contributed by atoms with E-state index in [0.717, 1.165) is 21.2 Å². The van der Waals surface area contributed by atoms with E-state index < -0.39 is 0 Å². The molecule has 0 unspecified atom stereocenters. The molecule has 0 saturated heterocycles. The number of aromatic nitrogens is 3. The number of fused-ring (bicyclic) bond motifs is 1. The molecule has 7 heteroatoms. The Morgan fingerprint density at radius 2 is 2.11 bits per heavy atom. The van der Waals surface area contributed by atoms with Gasteiger partial charge in [-0.15, -0.1) is 0 Å². The monoisotopic (exact) mass is 322 g/mol. The van der Waals surface area contributed by atoms with Gasteiger partial charge in [0.2, 0.25) is 0 Å². The summed E-state index contributed by atoms with van der Waals surface area (Å²) >= 11 is 3.42. The van der Waals surface area contributed by atoms with Gasteiger partial charge in [0.05, 0.1) is 15.7 Å². The maximum atomic E-state index is 11.5. The highest BCUT2D eigenvalue weighted by Gasteiger charge is 2.15. The van der Waals surface area contributed by atoms with Crippen LogP contribution >= 0.6 is 15.9 Å². The fourth-order valence-corrected chi connectivity index (χ4v) is 2.68. The summed E-state index contributed by atoms with van der Waals surface area (Å²) in [5, 5.41) is 4.14. The summed E-state index contributed by atoms with van der Waals surface area (Å²) in [5.41, 5.74) is 8.77. The molecule has 0 aliphatic carbocycles. The fraction of sp³-hybridized carbons (Fsp3) is 0.167. The molecule has 2 aromatic heterocycles. The molecule has 6 nitrogen and oxygen atoms in total. The van der Waals surface area contributed by atoms with Crippen molar-refractivity contribution < 1.29 is 4.42 Å². The Morgan fingerprint density at radius 1 is 1.37 bits per heavy atom. The van der Waals surface area contributed by atoms with Crippen molar-refractivity contribution in [3.63, 3.8) is 0 Å². The molecule has 0 atom stereocenters. The predicted octanol–water partition coefficient (Wildman–Crippen LogP) is 1.88. The molecule has 2 heterocycles. The lowest BCUT2D eigenvalue weighted by molar-refractivity contribution is 0.528. The molecule has 0 aliphatic heterocycles. The minimum atomic E-state index is -0.379. The number of hydrogen-bond donors (Lipinski definition) is 1. The number of nitrogen functional groups attached to an aromatic ring is 1. The number of benzene rings is 1. The number of hydrogen-bond acceptors (Lipinski definition) is 4. The molecule has 0 bridgehead atoms. The van der Waals surface area contributed by atoms with E-state index in [1.165, 1.54) is 4.57 Å². The lowest BCUT2D eigenvalue weighted by atomic mass is 10.1. The molecule has 1 aromatic carbocycles. The zero-order chi connectivity index (χ0) is 13.7. The maximum Gasteiger partial charge on any atom is 0.419 e. The molecule has 98 valence electrons. The second-order valence-electron chi connectivity index (χ2n) is 4.28. The first-order chi connectivity index (χ1) is 8.99. The third kappa shape index (κ3) is 1.69. The number of halogens is 1. The molecule has 3 rings (SSSR count). The summed E-state index contributed by atoms with van der Waals surface area (Å²) in [4.78, 5) is 11.5. The lowest BCUT2D eigenvalue weighted by Crippen LogP contribution is -2.08. The third-order valence-corrected chi connectivity index (χ3v) is 3.86.